The zero-order chi connectivity index (χ0) is 23.6. The third kappa shape index (κ3) is 5.30. The number of nitrogens with zero attached hydrogens (tertiary/aromatic N) is 4. The van der Waals surface area contributed by atoms with Crippen LogP contribution in [0.2, 0.25) is 0 Å². The number of aromatic nitrogens is 1. The molecule has 1 amide bonds. The molecule has 1 aromatic carbocycles. The molecule has 1 aliphatic heterocycles. The van der Waals surface area contributed by atoms with Gasteiger partial charge in [0.05, 0.1) is 10.2 Å². The number of carbonyl (C=O) groups is 1. The van der Waals surface area contributed by atoms with E-state index in [4.69, 9.17) is 4.98 Å². The van der Waals surface area contributed by atoms with Crippen LogP contribution < -0.4 is 4.90 Å². The van der Waals surface area contributed by atoms with Crippen molar-refractivity contribution in [3.05, 3.63) is 41.3 Å². The summed E-state index contributed by atoms with van der Waals surface area (Å²) in [6, 6.07) is 8.70. The highest BCUT2D eigenvalue weighted by molar-refractivity contribution is 7.91. The van der Waals surface area contributed by atoms with E-state index in [-0.39, 0.29) is 10.1 Å². The average molecular weight is 507 g/mol. The van der Waals surface area contributed by atoms with Crippen molar-refractivity contribution in [1.29, 1.82) is 0 Å². The number of amides is 1. The second-order valence-corrected chi connectivity index (χ2v) is 12.7. The topological polar surface area (TPSA) is 73.8 Å². The summed E-state index contributed by atoms with van der Waals surface area (Å²) in [6.07, 6.45) is 2.89. The van der Waals surface area contributed by atoms with Gasteiger partial charge in [-0.25, -0.2) is 13.4 Å². The second-order valence-electron chi connectivity index (χ2n) is 8.67. The van der Waals surface area contributed by atoms with Crippen molar-refractivity contribution in [2.75, 3.05) is 38.6 Å². The van der Waals surface area contributed by atoms with Gasteiger partial charge in [0.2, 0.25) is 5.91 Å². The summed E-state index contributed by atoms with van der Waals surface area (Å²) < 4.78 is 29.4. The Morgan fingerprint density at radius 1 is 1.21 bits per heavy atom. The van der Waals surface area contributed by atoms with Crippen molar-refractivity contribution in [1.82, 2.24) is 14.2 Å². The number of carbonyl (C=O) groups excluding carboxylic acids is 1. The minimum atomic E-state index is -3.71. The number of thiophene rings is 1. The van der Waals surface area contributed by atoms with E-state index in [1.54, 1.807) is 22.4 Å². The summed E-state index contributed by atoms with van der Waals surface area (Å²) in [4.78, 5) is 22.5. The average Bonchev–Trinajstić information content (AvgIpc) is 3.46. The van der Waals surface area contributed by atoms with Gasteiger partial charge >= 0.3 is 0 Å². The van der Waals surface area contributed by atoms with Crippen LogP contribution in [0, 0.1) is 6.92 Å². The van der Waals surface area contributed by atoms with Crippen LogP contribution in [0.3, 0.4) is 0 Å². The molecule has 0 saturated carbocycles. The number of hydrogen-bond acceptors (Lipinski definition) is 7. The van der Waals surface area contributed by atoms with E-state index in [1.807, 2.05) is 33.2 Å². The fourth-order valence-corrected chi connectivity index (χ4v) is 7.99. The molecule has 3 aromatic rings. The lowest BCUT2D eigenvalue weighted by atomic mass is 10.0. The summed E-state index contributed by atoms with van der Waals surface area (Å²) >= 11 is 2.68. The first-order valence-electron chi connectivity index (χ1n) is 11.2. The number of piperidine rings is 1. The van der Waals surface area contributed by atoms with Crippen molar-refractivity contribution in [3.63, 3.8) is 0 Å². The first-order valence-corrected chi connectivity index (χ1v) is 14.3. The molecule has 1 unspecified atom stereocenters. The predicted molar refractivity (Wildman–Crippen MR) is 136 cm³/mol. The van der Waals surface area contributed by atoms with Gasteiger partial charge in [-0.1, -0.05) is 29.9 Å². The molecule has 1 saturated heterocycles. The Morgan fingerprint density at radius 2 is 2.03 bits per heavy atom. The van der Waals surface area contributed by atoms with E-state index in [0.29, 0.717) is 24.6 Å². The molecule has 0 N–H and O–H groups in total. The van der Waals surface area contributed by atoms with Crippen molar-refractivity contribution in [3.8, 4) is 0 Å². The first-order chi connectivity index (χ1) is 15.8. The van der Waals surface area contributed by atoms with E-state index in [0.717, 1.165) is 41.6 Å². The summed E-state index contributed by atoms with van der Waals surface area (Å²) in [5, 5.41) is 2.39. The smallest absolute Gasteiger partial charge is 0.253 e. The Bertz CT molecular complexity index is 1210. The molecule has 0 spiro atoms. The Labute approximate surface area is 203 Å². The standard InChI is InChI=1S/C23H30N4O3S3/c1-17-10-11-18-20(16-17)32-23(24-18)26(13-7-12-25(2)3)22(28)19-8-4-5-14-27(19)33(29,30)21-9-6-15-31-21/h6,9-11,15-16,19H,4-5,7-8,12-14H2,1-3H3. The number of aryl methyl sites for hydroxylation is 1. The van der Waals surface area contributed by atoms with Crippen molar-refractivity contribution in [2.45, 2.75) is 42.9 Å². The predicted octanol–water partition coefficient (Wildman–Crippen LogP) is 4.19. The maximum Gasteiger partial charge on any atom is 0.253 e. The van der Waals surface area contributed by atoms with E-state index in [2.05, 4.69) is 11.0 Å². The third-order valence-electron chi connectivity index (χ3n) is 5.81. The minimum absolute atomic E-state index is 0.177. The van der Waals surface area contributed by atoms with Gasteiger partial charge in [-0.2, -0.15) is 4.31 Å². The monoisotopic (exact) mass is 506 g/mol. The summed E-state index contributed by atoms with van der Waals surface area (Å²) in [5.74, 6) is -0.177. The Kier molecular flexibility index (Phi) is 7.49. The summed E-state index contributed by atoms with van der Waals surface area (Å²) in [6.45, 7) is 3.73. The van der Waals surface area contributed by atoms with Gasteiger partial charge in [0, 0.05) is 13.1 Å². The highest BCUT2D eigenvalue weighted by atomic mass is 32.2. The lowest BCUT2D eigenvalue weighted by Gasteiger charge is -2.36. The highest BCUT2D eigenvalue weighted by Crippen LogP contribution is 2.33. The Balaban J connectivity index is 1.67. The van der Waals surface area contributed by atoms with Gasteiger partial charge in [-0.15, -0.1) is 11.3 Å². The Morgan fingerprint density at radius 3 is 2.76 bits per heavy atom. The van der Waals surface area contributed by atoms with E-state index in [1.165, 1.54) is 27.0 Å². The fraction of sp³-hybridized carbons (Fsp3) is 0.478. The quantitative estimate of drug-likeness (QED) is 0.458. The fourth-order valence-electron chi connectivity index (χ4n) is 4.13. The summed E-state index contributed by atoms with van der Waals surface area (Å²) in [7, 11) is 0.292. The molecular formula is C23H30N4O3S3. The normalized spacial score (nSPS) is 17.6. The number of benzene rings is 1. The van der Waals surface area contributed by atoms with Gasteiger partial charge in [0.25, 0.3) is 10.0 Å². The molecule has 0 radical (unpaired) electrons. The third-order valence-corrected chi connectivity index (χ3v) is 10.1. The molecule has 178 valence electrons. The molecule has 1 aliphatic rings. The van der Waals surface area contributed by atoms with Crippen molar-refractivity contribution in [2.24, 2.45) is 0 Å². The molecule has 10 heteroatoms. The van der Waals surface area contributed by atoms with Crippen molar-refractivity contribution < 1.29 is 13.2 Å². The van der Waals surface area contributed by atoms with Crippen LogP contribution in [-0.4, -0.2) is 68.3 Å². The van der Waals surface area contributed by atoms with Gasteiger partial charge in [-0.05, 0) is 76.0 Å². The van der Waals surface area contributed by atoms with Crippen LogP contribution in [0.25, 0.3) is 10.2 Å². The maximum absolute atomic E-state index is 13.9. The van der Waals surface area contributed by atoms with Gasteiger partial charge in [0.15, 0.2) is 5.13 Å². The molecule has 7 nitrogen and oxygen atoms in total. The number of rotatable bonds is 8. The Hall–Kier alpha value is -1.85. The highest BCUT2D eigenvalue weighted by Gasteiger charge is 2.40. The summed E-state index contributed by atoms with van der Waals surface area (Å²) in [5.41, 5.74) is 2.00. The SMILES string of the molecule is Cc1ccc2nc(N(CCCN(C)C)C(=O)C3CCCCN3S(=O)(=O)c3cccs3)sc2c1. The van der Waals surface area contributed by atoms with Gasteiger partial charge < -0.3 is 4.90 Å². The second kappa shape index (κ2) is 10.2. The zero-order valence-corrected chi connectivity index (χ0v) is 21.7. The first kappa shape index (κ1) is 24.3. The number of anilines is 1. The zero-order valence-electron chi connectivity index (χ0n) is 19.2. The van der Waals surface area contributed by atoms with Gasteiger partial charge in [0.1, 0.15) is 10.3 Å². The van der Waals surface area contributed by atoms with E-state index < -0.39 is 16.1 Å². The van der Waals surface area contributed by atoms with Crippen LogP contribution in [0.1, 0.15) is 31.2 Å². The molecule has 0 bridgehead atoms. The molecule has 0 aliphatic carbocycles. The van der Waals surface area contributed by atoms with E-state index in [9.17, 15) is 13.2 Å². The van der Waals surface area contributed by atoms with Crippen molar-refractivity contribution >= 4 is 54.0 Å². The van der Waals surface area contributed by atoms with Crippen LogP contribution >= 0.6 is 22.7 Å². The molecule has 4 rings (SSSR count). The minimum Gasteiger partial charge on any atom is -0.309 e. The molecule has 33 heavy (non-hydrogen) atoms. The lowest BCUT2D eigenvalue weighted by molar-refractivity contribution is -0.123. The molecule has 1 fully saturated rings. The van der Waals surface area contributed by atoms with Crippen LogP contribution in [-0.2, 0) is 14.8 Å². The molecule has 2 aromatic heterocycles. The molecule has 3 heterocycles. The largest absolute Gasteiger partial charge is 0.309 e. The number of thiazole rings is 1. The maximum atomic E-state index is 13.9. The van der Waals surface area contributed by atoms with E-state index >= 15 is 0 Å². The van der Waals surface area contributed by atoms with Crippen LogP contribution in [0.5, 0.6) is 0 Å². The number of fused-ring (bicyclic) bond motifs is 1. The number of sulfonamides is 1. The van der Waals surface area contributed by atoms with Crippen LogP contribution in [0.4, 0.5) is 5.13 Å². The molecular weight excluding hydrogens is 476 g/mol. The number of hydrogen-bond donors (Lipinski definition) is 0. The van der Waals surface area contributed by atoms with Crippen LogP contribution in [0.15, 0.2) is 39.9 Å². The molecule has 1 atom stereocenters. The van der Waals surface area contributed by atoms with Gasteiger partial charge in [-0.3, -0.25) is 9.69 Å². The lowest BCUT2D eigenvalue weighted by Crippen LogP contribution is -2.53.